The number of anilines is 1. The van der Waals surface area contributed by atoms with Gasteiger partial charge in [0, 0.05) is 6.07 Å². The summed E-state index contributed by atoms with van der Waals surface area (Å²) >= 11 is 0. The number of aromatic nitrogens is 1. The Bertz CT molecular complexity index is 914. The number of benzene rings is 2. The van der Waals surface area contributed by atoms with E-state index in [1.807, 2.05) is 67.6 Å². The van der Waals surface area contributed by atoms with E-state index in [-0.39, 0.29) is 0 Å². The lowest BCUT2D eigenvalue weighted by Crippen LogP contribution is -2.34. The summed E-state index contributed by atoms with van der Waals surface area (Å²) in [4.78, 5) is 26.0. The maximum absolute atomic E-state index is 13.2. The van der Waals surface area contributed by atoms with Crippen molar-refractivity contribution in [2.75, 3.05) is 5.32 Å². The van der Waals surface area contributed by atoms with Crippen LogP contribution in [0.5, 0.6) is 0 Å². The van der Waals surface area contributed by atoms with Gasteiger partial charge in [-0.15, -0.1) is 0 Å². The molecule has 6 nitrogen and oxygen atoms in total. The molecule has 1 atom stereocenters. The van der Waals surface area contributed by atoms with E-state index in [2.05, 4.69) is 10.5 Å². The zero-order chi connectivity index (χ0) is 21.3. The van der Waals surface area contributed by atoms with Gasteiger partial charge in [0.1, 0.15) is 11.7 Å². The van der Waals surface area contributed by atoms with Crippen molar-refractivity contribution in [2.45, 2.75) is 45.1 Å². The number of esters is 1. The van der Waals surface area contributed by atoms with Crippen LogP contribution in [0.15, 0.2) is 71.3 Å². The average Bonchev–Trinajstić information content (AvgIpc) is 3.17. The molecule has 0 aliphatic carbocycles. The fourth-order valence-electron chi connectivity index (χ4n) is 3.23. The molecule has 0 fully saturated rings. The monoisotopic (exact) mass is 406 g/mol. The molecule has 1 amide bonds. The van der Waals surface area contributed by atoms with Crippen LogP contribution in [0, 0.1) is 6.92 Å². The molecule has 0 saturated heterocycles. The first kappa shape index (κ1) is 21.3. The highest BCUT2D eigenvalue weighted by atomic mass is 16.5. The van der Waals surface area contributed by atoms with Crippen molar-refractivity contribution in [2.24, 2.45) is 0 Å². The number of ether oxygens (including phenoxy) is 1. The Morgan fingerprint density at radius 2 is 1.63 bits per heavy atom. The molecule has 6 heteroatoms. The van der Waals surface area contributed by atoms with Crippen molar-refractivity contribution < 1.29 is 18.8 Å². The molecular formula is C24H26N2O4. The molecule has 1 unspecified atom stereocenters. The minimum absolute atomic E-state index is 0.303. The molecule has 0 bridgehead atoms. The number of unbranched alkanes of at least 4 members (excludes halogenated alkanes) is 1. The summed E-state index contributed by atoms with van der Waals surface area (Å²) in [5, 5.41) is 6.45. The normalized spacial score (nSPS) is 11.8. The van der Waals surface area contributed by atoms with Crippen LogP contribution < -0.4 is 5.32 Å². The van der Waals surface area contributed by atoms with Gasteiger partial charge < -0.3 is 14.6 Å². The Balaban J connectivity index is 1.81. The standard InChI is InChI=1S/C24H26N2O4/c1-3-4-15-20(23(27)25-21-16-17(2)30-26-21)29-24(28)22(18-11-7-5-8-12-18)19-13-9-6-10-14-19/h5-14,16,20,22H,3-4,15H2,1-2H3,(H,25,26,27). The van der Waals surface area contributed by atoms with Crippen LogP contribution in [-0.2, 0) is 14.3 Å². The molecule has 30 heavy (non-hydrogen) atoms. The van der Waals surface area contributed by atoms with Crippen molar-refractivity contribution in [3.63, 3.8) is 0 Å². The average molecular weight is 406 g/mol. The highest BCUT2D eigenvalue weighted by Crippen LogP contribution is 2.27. The third kappa shape index (κ3) is 5.56. The molecule has 0 aliphatic rings. The van der Waals surface area contributed by atoms with E-state index in [1.165, 1.54) is 0 Å². The number of carbonyl (C=O) groups is 2. The van der Waals surface area contributed by atoms with E-state index in [9.17, 15) is 9.59 Å². The lowest BCUT2D eigenvalue weighted by molar-refractivity contribution is -0.155. The maximum atomic E-state index is 13.2. The number of nitrogens with zero attached hydrogens (tertiary/aromatic N) is 1. The van der Waals surface area contributed by atoms with E-state index in [4.69, 9.17) is 9.26 Å². The van der Waals surface area contributed by atoms with Crippen molar-refractivity contribution in [1.29, 1.82) is 0 Å². The lowest BCUT2D eigenvalue weighted by Gasteiger charge is -2.22. The Morgan fingerprint density at radius 1 is 1.03 bits per heavy atom. The summed E-state index contributed by atoms with van der Waals surface area (Å²) in [6.45, 7) is 3.76. The molecule has 0 radical (unpaired) electrons. The molecule has 0 aliphatic heterocycles. The van der Waals surface area contributed by atoms with Crippen LogP contribution in [0.3, 0.4) is 0 Å². The smallest absolute Gasteiger partial charge is 0.318 e. The van der Waals surface area contributed by atoms with Gasteiger partial charge in [-0.05, 0) is 30.9 Å². The molecule has 1 heterocycles. The number of nitrogens with one attached hydrogen (secondary N) is 1. The van der Waals surface area contributed by atoms with Gasteiger partial charge in [0.25, 0.3) is 5.91 Å². The molecule has 1 N–H and O–H groups in total. The molecule has 0 spiro atoms. The summed E-state index contributed by atoms with van der Waals surface area (Å²) in [6, 6.07) is 20.5. The van der Waals surface area contributed by atoms with Crippen LogP contribution in [0.25, 0.3) is 0 Å². The highest BCUT2D eigenvalue weighted by Gasteiger charge is 2.30. The van der Waals surface area contributed by atoms with Crippen molar-refractivity contribution >= 4 is 17.7 Å². The SMILES string of the molecule is CCCCC(OC(=O)C(c1ccccc1)c1ccccc1)C(=O)Nc1cc(C)on1. The topological polar surface area (TPSA) is 81.4 Å². The van der Waals surface area contributed by atoms with Gasteiger partial charge in [0.2, 0.25) is 0 Å². The van der Waals surface area contributed by atoms with Gasteiger partial charge in [0.15, 0.2) is 11.9 Å². The molecule has 3 rings (SSSR count). The minimum atomic E-state index is -0.913. The zero-order valence-electron chi connectivity index (χ0n) is 17.2. The molecule has 0 saturated carbocycles. The van der Waals surface area contributed by atoms with Gasteiger partial charge in [0.05, 0.1) is 0 Å². The summed E-state index contributed by atoms with van der Waals surface area (Å²) in [7, 11) is 0. The molecule has 156 valence electrons. The summed E-state index contributed by atoms with van der Waals surface area (Å²) in [5.74, 6) is -0.595. The second-order valence-corrected chi connectivity index (χ2v) is 7.13. The second-order valence-electron chi connectivity index (χ2n) is 7.13. The Hall–Kier alpha value is -3.41. The fraction of sp³-hybridized carbons (Fsp3) is 0.292. The molecule has 3 aromatic rings. The summed E-state index contributed by atoms with van der Waals surface area (Å²) in [5.41, 5.74) is 1.63. The number of carbonyl (C=O) groups excluding carboxylic acids is 2. The van der Waals surface area contributed by atoms with E-state index < -0.39 is 23.9 Å². The van der Waals surface area contributed by atoms with Crippen molar-refractivity contribution in [3.8, 4) is 0 Å². The third-order valence-corrected chi connectivity index (χ3v) is 4.75. The van der Waals surface area contributed by atoms with Crippen molar-refractivity contribution in [1.82, 2.24) is 5.16 Å². The minimum Gasteiger partial charge on any atom is -0.452 e. The van der Waals surface area contributed by atoms with Crippen LogP contribution in [0.1, 0.15) is 49.0 Å². The van der Waals surface area contributed by atoms with E-state index in [1.54, 1.807) is 13.0 Å². The van der Waals surface area contributed by atoms with Crippen molar-refractivity contribution in [3.05, 3.63) is 83.6 Å². The Morgan fingerprint density at radius 3 is 2.13 bits per heavy atom. The van der Waals surface area contributed by atoms with E-state index in [0.717, 1.165) is 24.0 Å². The van der Waals surface area contributed by atoms with Crippen LogP contribution in [0.2, 0.25) is 0 Å². The number of hydrogen-bond donors (Lipinski definition) is 1. The maximum Gasteiger partial charge on any atom is 0.318 e. The largest absolute Gasteiger partial charge is 0.452 e. The van der Waals surface area contributed by atoms with Crippen LogP contribution in [-0.4, -0.2) is 23.1 Å². The Kier molecular flexibility index (Phi) is 7.38. The predicted octanol–water partition coefficient (Wildman–Crippen LogP) is 4.86. The fourth-order valence-corrected chi connectivity index (χ4v) is 3.23. The molecular weight excluding hydrogens is 380 g/mol. The summed E-state index contributed by atoms with van der Waals surface area (Å²) in [6.07, 6.45) is 1.15. The van der Waals surface area contributed by atoms with E-state index in [0.29, 0.717) is 18.0 Å². The third-order valence-electron chi connectivity index (χ3n) is 4.75. The van der Waals surface area contributed by atoms with Gasteiger partial charge in [-0.2, -0.15) is 0 Å². The highest BCUT2D eigenvalue weighted by molar-refractivity contribution is 5.95. The van der Waals surface area contributed by atoms with Crippen LogP contribution in [0.4, 0.5) is 5.82 Å². The number of amides is 1. The molecule has 1 aromatic heterocycles. The quantitative estimate of drug-likeness (QED) is 0.514. The first-order valence-electron chi connectivity index (χ1n) is 10.1. The van der Waals surface area contributed by atoms with Gasteiger partial charge in [-0.3, -0.25) is 9.59 Å². The number of hydrogen-bond acceptors (Lipinski definition) is 5. The second kappa shape index (κ2) is 10.4. The van der Waals surface area contributed by atoms with E-state index >= 15 is 0 Å². The van der Waals surface area contributed by atoms with Crippen LogP contribution >= 0.6 is 0 Å². The number of rotatable bonds is 9. The predicted molar refractivity (Wildman–Crippen MR) is 114 cm³/mol. The first-order valence-corrected chi connectivity index (χ1v) is 10.1. The molecule has 2 aromatic carbocycles. The van der Waals surface area contributed by atoms with Gasteiger partial charge in [-0.1, -0.05) is 79.2 Å². The zero-order valence-corrected chi connectivity index (χ0v) is 17.2. The Labute approximate surface area is 176 Å². The van der Waals surface area contributed by atoms with Gasteiger partial charge >= 0.3 is 5.97 Å². The number of aryl methyl sites for hydroxylation is 1. The lowest BCUT2D eigenvalue weighted by atomic mass is 9.91. The van der Waals surface area contributed by atoms with Gasteiger partial charge in [-0.25, -0.2) is 0 Å². The summed E-state index contributed by atoms with van der Waals surface area (Å²) < 4.78 is 10.7. The first-order chi connectivity index (χ1) is 14.6.